The SMILES string of the molecule is c1ccc(-c2cc(-c3ccccc3)nc(-c3cncc(-c4cc(-c5ccccc5)cc(-c5ccccc5)n4)c3)c2)cc1. The summed E-state index contributed by atoms with van der Waals surface area (Å²) in [5.74, 6) is 0. The molecule has 0 fully saturated rings. The number of nitrogens with zero attached hydrogens (tertiary/aromatic N) is 3. The molecule has 0 bridgehead atoms. The summed E-state index contributed by atoms with van der Waals surface area (Å²) in [4.78, 5) is 14.9. The second kappa shape index (κ2) is 11.4. The molecular formula is C39H27N3. The summed E-state index contributed by atoms with van der Waals surface area (Å²) in [6.07, 6.45) is 3.77. The highest BCUT2D eigenvalue weighted by Crippen LogP contribution is 2.33. The minimum absolute atomic E-state index is 0.868. The first-order valence-electron chi connectivity index (χ1n) is 14.0. The quantitative estimate of drug-likeness (QED) is 0.212. The molecular weight excluding hydrogens is 510 g/mol. The van der Waals surface area contributed by atoms with Gasteiger partial charge in [0.25, 0.3) is 0 Å². The van der Waals surface area contributed by atoms with E-state index in [0.717, 1.165) is 67.3 Å². The van der Waals surface area contributed by atoms with Crippen molar-refractivity contribution in [3.8, 4) is 67.3 Å². The molecule has 3 heterocycles. The number of hydrogen-bond donors (Lipinski definition) is 0. The predicted molar refractivity (Wildman–Crippen MR) is 172 cm³/mol. The van der Waals surface area contributed by atoms with Crippen LogP contribution in [0.4, 0.5) is 0 Å². The predicted octanol–water partition coefficient (Wildman–Crippen LogP) is 9.87. The maximum Gasteiger partial charge on any atom is 0.0731 e. The van der Waals surface area contributed by atoms with Crippen molar-refractivity contribution in [3.05, 3.63) is 164 Å². The third-order valence-corrected chi connectivity index (χ3v) is 7.33. The zero-order valence-electron chi connectivity index (χ0n) is 22.9. The van der Waals surface area contributed by atoms with E-state index in [0.29, 0.717) is 0 Å². The fourth-order valence-corrected chi connectivity index (χ4v) is 5.19. The maximum absolute atomic E-state index is 5.10. The summed E-state index contributed by atoms with van der Waals surface area (Å²) in [6, 6.07) is 52.2. The molecule has 3 nitrogen and oxygen atoms in total. The molecule has 0 saturated carbocycles. The van der Waals surface area contributed by atoms with E-state index in [2.05, 4.69) is 108 Å². The van der Waals surface area contributed by atoms with E-state index < -0.39 is 0 Å². The highest BCUT2D eigenvalue weighted by atomic mass is 14.7. The van der Waals surface area contributed by atoms with Gasteiger partial charge in [-0.2, -0.15) is 0 Å². The smallest absolute Gasteiger partial charge is 0.0731 e. The van der Waals surface area contributed by atoms with Crippen LogP contribution in [0.25, 0.3) is 67.3 Å². The second-order valence-electron chi connectivity index (χ2n) is 10.2. The van der Waals surface area contributed by atoms with Crippen LogP contribution in [0.15, 0.2) is 164 Å². The lowest BCUT2D eigenvalue weighted by Crippen LogP contribution is -1.94. The molecule has 3 heteroatoms. The molecule has 0 unspecified atom stereocenters. The average molecular weight is 538 g/mol. The van der Waals surface area contributed by atoms with Crippen LogP contribution in [-0.4, -0.2) is 15.0 Å². The van der Waals surface area contributed by atoms with E-state index in [1.165, 1.54) is 0 Å². The molecule has 7 rings (SSSR count). The first-order chi connectivity index (χ1) is 20.8. The van der Waals surface area contributed by atoms with Crippen molar-refractivity contribution in [1.82, 2.24) is 15.0 Å². The van der Waals surface area contributed by atoms with Crippen molar-refractivity contribution in [2.24, 2.45) is 0 Å². The van der Waals surface area contributed by atoms with Crippen LogP contribution >= 0.6 is 0 Å². The highest BCUT2D eigenvalue weighted by molar-refractivity contribution is 5.80. The summed E-state index contributed by atoms with van der Waals surface area (Å²) in [5, 5.41) is 0. The largest absolute Gasteiger partial charge is 0.263 e. The molecule has 0 spiro atoms. The third-order valence-electron chi connectivity index (χ3n) is 7.33. The van der Waals surface area contributed by atoms with Crippen LogP contribution in [0.3, 0.4) is 0 Å². The van der Waals surface area contributed by atoms with Crippen LogP contribution in [0, 0.1) is 0 Å². The summed E-state index contributed by atoms with van der Waals surface area (Å²) >= 11 is 0. The number of aromatic nitrogens is 3. The number of hydrogen-bond acceptors (Lipinski definition) is 3. The van der Waals surface area contributed by atoms with Crippen molar-refractivity contribution in [2.75, 3.05) is 0 Å². The number of benzene rings is 4. The molecule has 0 radical (unpaired) electrons. The molecule has 7 aromatic rings. The van der Waals surface area contributed by atoms with E-state index in [-0.39, 0.29) is 0 Å². The Balaban J connectivity index is 1.37. The Morgan fingerprint density at radius 2 is 0.571 bits per heavy atom. The number of rotatable bonds is 6. The average Bonchev–Trinajstić information content (AvgIpc) is 3.09. The van der Waals surface area contributed by atoms with Gasteiger partial charge in [0.1, 0.15) is 0 Å². The van der Waals surface area contributed by atoms with E-state index in [9.17, 15) is 0 Å². The Labute approximate surface area is 245 Å². The van der Waals surface area contributed by atoms with Crippen molar-refractivity contribution < 1.29 is 0 Å². The van der Waals surface area contributed by atoms with E-state index in [1.807, 2.05) is 60.9 Å². The fraction of sp³-hybridized carbons (Fsp3) is 0. The Hall–Kier alpha value is -5.67. The third kappa shape index (κ3) is 5.36. The van der Waals surface area contributed by atoms with E-state index >= 15 is 0 Å². The fourth-order valence-electron chi connectivity index (χ4n) is 5.19. The van der Waals surface area contributed by atoms with Crippen LogP contribution in [0.1, 0.15) is 0 Å². The minimum atomic E-state index is 0.868. The van der Waals surface area contributed by atoms with Crippen molar-refractivity contribution >= 4 is 0 Å². The summed E-state index contributed by atoms with van der Waals surface area (Å²) < 4.78 is 0. The zero-order valence-corrected chi connectivity index (χ0v) is 22.9. The lowest BCUT2D eigenvalue weighted by molar-refractivity contribution is 1.26. The van der Waals surface area contributed by atoms with Crippen LogP contribution < -0.4 is 0 Å². The van der Waals surface area contributed by atoms with Crippen LogP contribution in [0.2, 0.25) is 0 Å². The van der Waals surface area contributed by atoms with E-state index in [4.69, 9.17) is 9.97 Å². The lowest BCUT2D eigenvalue weighted by atomic mass is 9.98. The monoisotopic (exact) mass is 537 g/mol. The van der Waals surface area contributed by atoms with Gasteiger partial charge in [0.05, 0.1) is 22.8 Å². The van der Waals surface area contributed by atoms with Crippen LogP contribution in [0.5, 0.6) is 0 Å². The van der Waals surface area contributed by atoms with Gasteiger partial charge >= 0.3 is 0 Å². The molecule has 0 amide bonds. The molecule has 4 aromatic carbocycles. The Morgan fingerprint density at radius 3 is 0.929 bits per heavy atom. The summed E-state index contributed by atoms with van der Waals surface area (Å²) in [7, 11) is 0. The first kappa shape index (κ1) is 25.3. The minimum Gasteiger partial charge on any atom is -0.263 e. The molecule has 0 aliphatic carbocycles. The number of pyridine rings is 3. The van der Waals surface area contributed by atoms with Gasteiger partial charge in [0, 0.05) is 34.6 Å². The zero-order chi connectivity index (χ0) is 28.1. The van der Waals surface area contributed by atoms with Gasteiger partial charge in [-0.3, -0.25) is 4.98 Å². The first-order valence-corrected chi connectivity index (χ1v) is 14.0. The Kier molecular flexibility index (Phi) is 6.89. The van der Waals surface area contributed by atoms with Gasteiger partial charge in [-0.05, 0) is 52.6 Å². The molecule has 0 aliphatic heterocycles. The van der Waals surface area contributed by atoms with Crippen molar-refractivity contribution in [3.63, 3.8) is 0 Å². The molecule has 42 heavy (non-hydrogen) atoms. The molecule has 0 N–H and O–H groups in total. The topological polar surface area (TPSA) is 38.7 Å². The highest BCUT2D eigenvalue weighted by Gasteiger charge is 2.13. The molecule has 3 aromatic heterocycles. The van der Waals surface area contributed by atoms with Gasteiger partial charge in [-0.15, -0.1) is 0 Å². The van der Waals surface area contributed by atoms with Gasteiger partial charge in [-0.25, -0.2) is 9.97 Å². The molecule has 0 aliphatic rings. The normalized spacial score (nSPS) is 10.9. The van der Waals surface area contributed by atoms with Gasteiger partial charge in [0.2, 0.25) is 0 Å². The molecule has 0 saturated heterocycles. The Morgan fingerprint density at radius 1 is 0.262 bits per heavy atom. The van der Waals surface area contributed by atoms with Crippen LogP contribution in [-0.2, 0) is 0 Å². The van der Waals surface area contributed by atoms with E-state index in [1.54, 1.807) is 0 Å². The summed E-state index contributed by atoms with van der Waals surface area (Å²) in [6.45, 7) is 0. The molecule has 0 atom stereocenters. The summed E-state index contributed by atoms with van der Waals surface area (Å²) in [5.41, 5.74) is 12.1. The second-order valence-corrected chi connectivity index (χ2v) is 10.2. The van der Waals surface area contributed by atoms with Gasteiger partial charge < -0.3 is 0 Å². The van der Waals surface area contributed by atoms with Crippen molar-refractivity contribution in [2.45, 2.75) is 0 Å². The van der Waals surface area contributed by atoms with Gasteiger partial charge in [0.15, 0.2) is 0 Å². The maximum atomic E-state index is 5.10. The Bertz CT molecular complexity index is 1700. The standard InChI is InChI=1S/C39H27N3/c1-5-13-28(14-6-1)32-22-36(30-17-9-3-10-18-30)41-38(24-32)34-21-35(27-40-26-34)39-25-33(29-15-7-2-8-16-29)23-37(42-39)31-19-11-4-12-20-31/h1-27H. The van der Waals surface area contributed by atoms with Crippen molar-refractivity contribution in [1.29, 1.82) is 0 Å². The van der Waals surface area contributed by atoms with Gasteiger partial charge in [-0.1, -0.05) is 121 Å². The molecule has 198 valence electrons. The lowest BCUT2D eigenvalue weighted by Gasteiger charge is -2.12.